The molecule has 6 heteroatoms. The zero-order valence-electron chi connectivity index (χ0n) is 16.3. The summed E-state index contributed by atoms with van der Waals surface area (Å²) in [6, 6.07) is 8.26. The number of carbonyl (C=O) groups is 1. The molecule has 1 saturated heterocycles. The minimum atomic E-state index is -0.0496. The van der Waals surface area contributed by atoms with Crippen molar-refractivity contribution in [3.8, 4) is 0 Å². The molecule has 0 bridgehead atoms. The minimum Gasteiger partial charge on any atom is -0.377 e. The lowest BCUT2D eigenvalue weighted by molar-refractivity contribution is -0.171. The molecule has 0 radical (unpaired) electrons. The maximum atomic E-state index is 11.8. The Labute approximate surface area is 161 Å². The number of ether oxygens (including phenoxy) is 1. The SMILES string of the molecule is CN=C(NCCc1cccc(C(=O)NC)c1)NC1C2CCOC2C12CCC2. The second-order valence-electron chi connectivity index (χ2n) is 7.98. The highest BCUT2D eigenvalue weighted by Gasteiger charge is 2.66. The number of nitrogens with zero attached hydrogens (tertiary/aromatic N) is 1. The lowest BCUT2D eigenvalue weighted by Crippen LogP contribution is -2.72. The monoisotopic (exact) mass is 370 g/mol. The fourth-order valence-corrected chi connectivity index (χ4v) is 5.14. The molecule has 1 heterocycles. The topological polar surface area (TPSA) is 74.8 Å². The summed E-state index contributed by atoms with van der Waals surface area (Å²) in [6.07, 6.45) is 6.33. The number of nitrogens with one attached hydrogen (secondary N) is 3. The van der Waals surface area contributed by atoms with Crippen LogP contribution in [0.2, 0.25) is 0 Å². The van der Waals surface area contributed by atoms with Gasteiger partial charge in [-0.2, -0.15) is 0 Å². The van der Waals surface area contributed by atoms with Crippen LogP contribution < -0.4 is 16.0 Å². The molecule has 3 fully saturated rings. The van der Waals surface area contributed by atoms with Crippen molar-refractivity contribution in [1.82, 2.24) is 16.0 Å². The number of fused-ring (bicyclic) bond motifs is 2. The summed E-state index contributed by atoms with van der Waals surface area (Å²) in [6.45, 7) is 1.68. The first kappa shape index (κ1) is 18.3. The Morgan fingerprint density at radius 2 is 2.22 bits per heavy atom. The number of guanidine groups is 1. The first-order valence-corrected chi connectivity index (χ1v) is 10.1. The normalized spacial score (nSPS) is 28.1. The number of aliphatic imine (C=N–C) groups is 1. The molecule has 146 valence electrons. The molecule has 1 aromatic carbocycles. The third-order valence-corrected chi connectivity index (χ3v) is 6.67. The van der Waals surface area contributed by atoms with E-state index in [1.165, 1.54) is 19.3 Å². The highest BCUT2D eigenvalue weighted by Crippen LogP contribution is 2.62. The van der Waals surface area contributed by atoms with Gasteiger partial charge in [-0.15, -0.1) is 0 Å². The highest BCUT2D eigenvalue weighted by atomic mass is 16.5. The summed E-state index contributed by atoms with van der Waals surface area (Å²) in [7, 11) is 3.48. The average molecular weight is 370 g/mol. The Balaban J connectivity index is 1.31. The molecule has 3 atom stereocenters. The van der Waals surface area contributed by atoms with E-state index < -0.39 is 0 Å². The highest BCUT2D eigenvalue weighted by molar-refractivity contribution is 5.94. The third-order valence-electron chi connectivity index (χ3n) is 6.67. The average Bonchev–Trinajstić information content (AvgIpc) is 3.07. The Kier molecular flexibility index (Phi) is 5.08. The molecular weight excluding hydrogens is 340 g/mol. The van der Waals surface area contributed by atoms with Gasteiger partial charge in [-0.25, -0.2) is 0 Å². The number of amides is 1. The van der Waals surface area contributed by atoms with Crippen molar-refractivity contribution in [2.75, 3.05) is 27.2 Å². The van der Waals surface area contributed by atoms with Gasteiger partial charge in [-0.05, 0) is 43.4 Å². The van der Waals surface area contributed by atoms with Gasteiger partial charge in [0.15, 0.2) is 5.96 Å². The van der Waals surface area contributed by atoms with E-state index >= 15 is 0 Å². The smallest absolute Gasteiger partial charge is 0.251 e. The maximum Gasteiger partial charge on any atom is 0.251 e. The van der Waals surface area contributed by atoms with Gasteiger partial charge < -0.3 is 20.7 Å². The fourth-order valence-electron chi connectivity index (χ4n) is 5.14. The van der Waals surface area contributed by atoms with Crippen molar-refractivity contribution in [2.45, 2.75) is 44.2 Å². The van der Waals surface area contributed by atoms with Crippen LogP contribution in [0, 0.1) is 11.3 Å². The van der Waals surface area contributed by atoms with Gasteiger partial charge in [0.05, 0.1) is 6.10 Å². The minimum absolute atomic E-state index is 0.0496. The lowest BCUT2D eigenvalue weighted by atomic mass is 9.46. The van der Waals surface area contributed by atoms with Crippen molar-refractivity contribution >= 4 is 11.9 Å². The van der Waals surface area contributed by atoms with Crippen LogP contribution in [0.4, 0.5) is 0 Å². The third kappa shape index (κ3) is 3.20. The number of hydrogen-bond acceptors (Lipinski definition) is 3. The van der Waals surface area contributed by atoms with E-state index in [1.54, 1.807) is 7.05 Å². The van der Waals surface area contributed by atoms with Crippen LogP contribution in [0.3, 0.4) is 0 Å². The molecule has 27 heavy (non-hydrogen) atoms. The Hall–Kier alpha value is -2.08. The molecule has 3 unspecified atom stereocenters. The van der Waals surface area contributed by atoms with E-state index in [-0.39, 0.29) is 5.91 Å². The second kappa shape index (κ2) is 7.50. The zero-order chi connectivity index (χ0) is 18.9. The summed E-state index contributed by atoms with van der Waals surface area (Å²) in [5, 5.41) is 9.80. The second-order valence-corrected chi connectivity index (χ2v) is 7.98. The molecule has 4 rings (SSSR count). The van der Waals surface area contributed by atoms with Crippen LogP contribution >= 0.6 is 0 Å². The first-order chi connectivity index (χ1) is 13.2. The number of hydrogen-bond donors (Lipinski definition) is 3. The predicted octanol–water partition coefficient (Wildman–Crippen LogP) is 1.71. The van der Waals surface area contributed by atoms with Crippen molar-refractivity contribution in [1.29, 1.82) is 0 Å². The molecule has 1 aliphatic heterocycles. The largest absolute Gasteiger partial charge is 0.377 e. The molecule has 2 saturated carbocycles. The zero-order valence-corrected chi connectivity index (χ0v) is 16.3. The van der Waals surface area contributed by atoms with E-state index in [0.717, 1.165) is 37.5 Å². The lowest BCUT2D eigenvalue weighted by Gasteiger charge is -2.63. The van der Waals surface area contributed by atoms with Crippen molar-refractivity contribution in [3.63, 3.8) is 0 Å². The molecule has 1 spiro atoms. The number of rotatable bonds is 5. The summed E-state index contributed by atoms with van der Waals surface area (Å²) in [5.74, 6) is 1.46. The van der Waals surface area contributed by atoms with E-state index in [1.807, 2.05) is 25.2 Å². The van der Waals surface area contributed by atoms with Crippen molar-refractivity contribution in [2.24, 2.45) is 16.3 Å². The van der Waals surface area contributed by atoms with Crippen molar-refractivity contribution in [3.05, 3.63) is 35.4 Å². The molecule has 2 aliphatic carbocycles. The first-order valence-electron chi connectivity index (χ1n) is 10.1. The standard InChI is InChI=1S/C21H30N4O2/c1-22-19(26)15-6-3-5-14(13-15)7-11-24-20(23-2)25-17-16-8-12-27-18(16)21(17)9-4-10-21/h3,5-6,13,16-18H,4,7-12H2,1-2H3,(H,22,26)(H2,23,24,25). The Morgan fingerprint density at radius 1 is 1.37 bits per heavy atom. The molecule has 0 aromatic heterocycles. The van der Waals surface area contributed by atoms with Gasteiger partial charge in [-0.1, -0.05) is 18.6 Å². The molecule has 6 nitrogen and oxygen atoms in total. The Morgan fingerprint density at radius 3 is 2.93 bits per heavy atom. The van der Waals surface area contributed by atoms with Gasteiger partial charge in [-0.3, -0.25) is 9.79 Å². The van der Waals surface area contributed by atoms with Crippen molar-refractivity contribution < 1.29 is 9.53 Å². The van der Waals surface area contributed by atoms with E-state index in [2.05, 4.69) is 27.0 Å². The van der Waals surface area contributed by atoms with Crippen LogP contribution in [0.1, 0.15) is 41.6 Å². The maximum absolute atomic E-state index is 11.8. The number of benzene rings is 1. The van der Waals surface area contributed by atoms with Gasteiger partial charge >= 0.3 is 0 Å². The van der Waals surface area contributed by atoms with E-state index in [0.29, 0.717) is 29.0 Å². The summed E-state index contributed by atoms with van der Waals surface area (Å²) < 4.78 is 6.00. The molecule has 3 aliphatic rings. The van der Waals surface area contributed by atoms with Gasteiger partial charge in [0.2, 0.25) is 0 Å². The van der Waals surface area contributed by atoms with E-state index in [4.69, 9.17) is 4.74 Å². The Bertz CT molecular complexity index is 729. The van der Waals surface area contributed by atoms with E-state index in [9.17, 15) is 4.79 Å². The summed E-state index contributed by atoms with van der Waals surface area (Å²) in [5.41, 5.74) is 2.19. The van der Waals surface area contributed by atoms with Crippen LogP contribution in [-0.2, 0) is 11.2 Å². The molecular formula is C21H30N4O2. The van der Waals surface area contributed by atoms with Crippen LogP contribution in [0.5, 0.6) is 0 Å². The number of carbonyl (C=O) groups excluding carboxylic acids is 1. The quantitative estimate of drug-likeness (QED) is 0.545. The molecule has 3 N–H and O–H groups in total. The predicted molar refractivity (Wildman–Crippen MR) is 106 cm³/mol. The summed E-state index contributed by atoms with van der Waals surface area (Å²) in [4.78, 5) is 16.2. The van der Waals surface area contributed by atoms with Crippen LogP contribution in [-0.4, -0.2) is 51.3 Å². The summed E-state index contributed by atoms with van der Waals surface area (Å²) >= 11 is 0. The van der Waals surface area contributed by atoms with Gasteiger partial charge in [0.1, 0.15) is 0 Å². The van der Waals surface area contributed by atoms with Crippen LogP contribution in [0.25, 0.3) is 0 Å². The van der Waals surface area contributed by atoms with Crippen LogP contribution in [0.15, 0.2) is 29.3 Å². The molecule has 1 amide bonds. The van der Waals surface area contributed by atoms with Gasteiger partial charge in [0.25, 0.3) is 5.91 Å². The fraction of sp³-hybridized carbons (Fsp3) is 0.619. The van der Waals surface area contributed by atoms with Gasteiger partial charge in [0, 0.05) is 50.2 Å². The molecule has 1 aromatic rings.